The number of H-pyrrole nitrogens is 1. The van der Waals surface area contributed by atoms with E-state index in [1.807, 2.05) is 5.10 Å². The Kier molecular flexibility index (Phi) is 3.14. The van der Waals surface area contributed by atoms with Crippen molar-refractivity contribution in [3.05, 3.63) is 39.8 Å². The molecule has 0 aliphatic carbocycles. The van der Waals surface area contributed by atoms with Gasteiger partial charge in [-0.1, -0.05) is 0 Å². The fourth-order valence-electron chi connectivity index (χ4n) is 1.57. The lowest BCUT2D eigenvalue weighted by atomic mass is 10.0. The molecule has 11 heteroatoms. The van der Waals surface area contributed by atoms with Crippen LogP contribution in [-0.4, -0.2) is 40.6 Å². The van der Waals surface area contributed by atoms with Gasteiger partial charge in [-0.3, -0.25) is 0 Å². The van der Waals surface area contributed by atoms with Gasteiger partial charge in [0.15, 0.2) is 0 Å². The van der Waals surface area contributed by atoms with Crippen LogP contribution in [0.1, 0.15) is 11.1 Å². The van der Waals surface area contributed by atoms with Crippen LogP contribution in [0.3, 0.4) is 0 Å². The van der Waals surface area contributed by atoms with Crippen LogP contribution in [0.5, 0.6) is 0 Å². The second kappa shape index (κ2) is 4.42. The number of aliphatic hydroxyl groups is 4. The highest BCUT2D eigenvalue weighted by molar-refractivity contribution is 5.42. The van der Waals surface area contributed by atoms with Gasteiger partial charge in [0.25, 0.3) is 0 Å². The molecule has 20 heavy (non-hydrogen) atoms. The normalized spacial score (nSPS) is 12.7. The number of alkyl halides is 2. The standard InChI is InChI=1S/C9H8F2N4O5/c10-8(17,18)5-2-1-4(3-6(5)9(11,19)20)15-7(16)12-13-14-15/h1-3,17-20H,(H,12,14,16). The third-order valence-electron chi connectivity index (χ3n) is 2.41. The lowest BCUT2D eigenvalue weighted by Gasteiger charge is -2.21. The topological polar surface area (TPSA) is 144 Å². The number of hydrogen-bond donors (Lipinski definition) is 5. The maximum atomic E-state index is 13.2. The van der Waals surface area contributed by atoms with Gasteiger partial charge in [0, 0.05) is 0 Å². The van der Waals surface area contributed by atoms with E-state index in [4.69, 9.17) is 20.4 Å². The molecule has 0 saturated heterocycles. The van der Waals surface area contributed by atoms with Gasteiger partial charge < -0.3 is 20.4 Å². The van der Waals surface area contributed by atoms with Gasteiger partial charge in [-0.05, 0) is 28.6 Å². The highest BCUT2D eigenvalue weighted by atomic mass is 19.2. The van der Waals surface area contributed by atoms with E-state index in [9.17, 15) is 13.6 Å². The SMILES string of the molecule is O=c1[nH]nnn1-c1ccc(C(O)(O)F)c(C(O)(O)F)c1. The van der Waals surface area contributed by atoms with Crippen molar-refractivity contribution in [1.29, 1.82) is 0 Å². The number of halogens is 2. The fourth-order valence-corrected chi connectivity index (χ4v) is 1.57. The number of nitrogens with zero attached hydrogens (tertiary/aromatic N) is 3. The number of nitrogens with one attached hydrogen (secondary N) is 1. The summed E-state index contributed by atoms with van der Waals surface area (Å²) in [6.07, 6.45) is 0. The molecule has 1 aromatic carbocycles. The summed E-state index contributed by atoms with van der Waals surface area (Å²) in [7, 11) is 0. The Morgan fingerprint density at radius 2 is 1.70 bits per heavy atom. The van der Waals surface area contributed by atoms with Gasteiger partial charge in [0.2, 0.25) is 0 Å². The number of aromatic amines is 1. The first-order valence-electron chi connectivity index (χ1n) is 5.04. The molecule has 0 fully saturated rings. The van der Waals surface area contributed by atoms with Crippen LogP contribution in [0.25, 0.3) is 5.69 Å². The quantitative estimate of drug-likeness (QED) is 0.414. The Morgan fingerprint density at radius 1 is 1.10 bits per heavy atom. The molecule has 0 bridgehead atoms. The first-order chi connectivity index (χ1) is 9.10. The molecule has 0 aliphatic rings. The van der Waals surface area contributed by atoms with Crippen LogP contribution in [0, 0.1) is 0 Å². The molecular formula is C9H8F2N4O5. The number of hydrogen-bond acceptors (Lipinski definition) is 7. The zero-order chi connectivity index (χ0) is 15.1. The molecule has 0 unspecified atom stereocenters. The van der Waals surface area contributed by atoms with Crippen molar-refractivity contribution in [2.45, 2.75) is 12.1 Å². The Labute approximate surface area is 108 Å². The molecule has 0 aliphatic heterocycles. The third-order valence-corrected chi connectivity index (χ3v) is 2.41. The van der Waals surface area contributed by atoms with E-state index in [1.54, 1.807) is 0 Å². The molecular weight excluding hydrogens is 282 g/mol. The van der Waals surface area contributed by atoms with Gasteiger partial charge in [0.1, 0.15) is 0 Å². The molecule has 5 N–H and O–H groups in total. The van der Waals surface area contributed by atoms with E-state index in [-0.39, 0.29) is 5.69 Å². The molecule has 0 atom stereocenters. The van der Waals surface area contributed by atoms with Gasteiger partial charge in [-0.15, -0.1) is 0 Å². The summed E-state index contributed by atoms with van der Waals surface area (Å²) in [6.45, 7) is 0. The lowest BCUT2D eigenvalue weighted by Crippen LogP contribution is -2.28. The van der Waals surface area contributed by atoms with Crippen LogP contribution in [-0.2, 0) is 12.1 Å². The zero-order valence-electron chi connectivity index (χ0n) is 9.53. The third kappa shape index (κ3) is 2.55. The predicted molar refractivity (Wildman–Crippen MR) is 56.4 cm³/mol. The predicted octanol–water partition coefficient (Wildman–Crippen LogP) is -1.92. The molecule has 0 amide bonds. The second-order valence-electron chi connectivity index (χ2n) is 3.82. The minimum absolute atomic E-state index is 0.211. The minimum Gasteiger partial charge on any atom is -0.336 e. The highest BCUT2D eigenvalue weighted by Gasteiger charge is 2.37. The maximum Gasteiger partial charge on any atom is 0.365 e. The van der Waals surface area contributed by atoms with E-state index in [2.05, 4.69) is 10.4 Å². The van der Waals surface area contributed by atoms with E-state index < -0.39 is 28.9 Å². The second-order valence-corrected chi connectivity index (χ2v) is 3.82. The van der Waals surface area contributed by atoms with Crippen LogP contribution in [0.2, 0.25) is 0 Å². The average Bonchev–Trinajstić information content (AvgIpc) is 2.72. The van der Waals surface area contributed by atoms with E-state index in [0.29, 0.717) is 16.8 Å². The summed E-state index contributed by atoms with van der Waals surface area (Å²) in [6, 6.07) is -5.87. The lowest BCUT2D eigenvalue weighted by molar-refractivity contribution is -0.290. The van der Waals surface area contributed by atoms with Crippen molar-refractivity contribution in [3.8, 4) is 5.69 Å². The van der Waals surface area contributed by atoms with E-state index in [1.165, 1.54) is 0 Å². The molecule has 0 spiro atoms. The molecule has 0 saturated carbocycles. The molecule has 0 radical (unpaired) electrons. The van der Waals surface area contributed by atoms with Gasteiger partial charge in [-0.2, -0.15) is 13.5 Å². The van der Waals surface area contributed by atoms with E-state index >= 15 is 0 Å². The number of benzene rings is 1. The van der Waals surface area contributed by atoms with Crippen molar-refractivity contribution in [2.75, 3.05) is 0 Å². The molecule has 9 nitrogen and oxygen atoms in total. The van der Waals surface area contributed by atoms with Crippen molar-refractivity contribution in [2.24, 2.45) is 0 Å². The summed E-state index contributed by atoms with van der Waals surface area (Å²) >= 11 is 0. The van der Waals surface area contributed by atoms with E-state index in [0.717, 1.165) is 6.07 Å². The Morgan fingerprint density at radius 3 is 2.15 bits per heavy atom. The molecule has 108 valence electrons. The Balaban J connectivity index is 2.68. The monoisotopic (exact) mass is 290 g/mol. The summed E-state index contributed by atoms with van der Waals surface area (Å²) < 4.78 is 26.9. The molecule has 2 rings (SSSR count). The fraction of sp³-hybridized carbons (Fsp3) is 0.222. The van der Waals surface area contributed by atoms with Gasteiger partial charge in [0.05, 0.1) is 16.8 Å². The maximum absolute atomic E-state index is 13.2. The van der Waals surface area contributed by atoms with Gasteiger partial charge >= 0.3 is 17.8 Å². The molecule has 1 heterocycles. The first-order valence-corrected chi connectivity index (χ1v) is 5.04. The molecule has 2 aromatic rings. The van der Waals surface area contributed by atoms with Crippen molar-refractivity contribution in [1.82, 2.24) is 20.2 Å². The average molecular weight is 290 g/mol. The van der Waals surface area contributed by atoms with Crippen molar-refractivity contribution in [3.63, 3.8) is 0 Å². The Hall–Kier alpha value is -2.21. The van der Waals surface area contributed by atoms with Crippen molar-refractivity contribution < 1.29 is 29.2 Å². The van der Waals surface area contributed by atoms with Crippen LogP contribution < -0.4 is 5.69 Å². The summed E-state index contributed by atoms with van der Waals surface area (Å²) in [5, 5.41) is 43.8. The van der Waals surface area contributed by atoms with Crippen LogP contribution in [0.4, 0.5) is 8.78 Å². The smallest absolute Gasteiger partial charge is 0.336 e. The number of rotatable bonds is 3. The first kappa shape index (κ1) is 14.2. The Bertz CT molecular complexity index is 685. The number of aromatic nitrogens is 4. The summed E-state index contributed by atoms with van der Waals surface area (Å²) in [5.41, 5.74) is -3.40. The molecule has 1 aromatic heterocycles. The largest absolute Gasteiger partial charge is 0.365 e. The summed E-state index contributed by atoms with van der Waals surface area (Å²) in [5.74, 6) is 0. The van der Waals surface area contributed by atoms with Crippen LogP contribution in [0.15, 0.2) is 23.0 Å². The minimum atomic E-state index is -4.07. The zero-order valence-corrected chi connectivity index (χ0v) is 9.53. The van der Waals surface area contributed by atoms with Gasteiger partial charge in [-0.25, -0.2) is 9.89 Å². The highest BCUT2D eigenvalue weighted by Crippen LogP contribution is 2.32. The summed E-state index contributed by atoms with van der Waals surface area (Å²) in [4.78, 5) is 11.3. The number of tetrazole rings is 1. The van der Waals surface area contributed by atoms with Crippen molar-refractivity contribution >= 4 is 0 Å². The van der Waals surface area contributed by atoms with Crippen LogP contribution >= 0.6 is 0 Å².